The van der Waals surface area contributed by atoms with Gasteiger partial charge in [0.1, 0.15) is 11.6 Å². The average Bonchev–Trinajstić information content (AvgIpc) is 3.09. The third-order valence-corrected chi connectivity index (χ3v) is 4.63. The lowest BCUT2D eigenvalue weighted by atomic mass is 10.2. The molecular weight excluding hydrogens is 342 g/mol. The lowest BCUT2D eigenvalue weighted by Crippen LogP contribution is -1.97. The number of aromatic nitrogens is 1. The summed E-state index contributed by atoms with van der Waals surface area (Å²) in [4.78, 5) is 4.60. The van der Waals surface area contributed by atoms with E-state index in [9.17, 15) is 0 Å². The standard InChI is InChI=1S/C19H16ClNO2S/c1-3-13-8-9-17(18(10-13)22-2)23-11-19-21-16(12-24-19)14-6-4-5-7-15(14)20/h3-10,12H,1,11H2,2H3. The zero-order valence-electron chi connectivity index (χ0n) is 13.2. The predicted molar refractivity (Wildman–Crippen MR) is 100.0 cm³/mol. The second kappa shape index (κ2) is 7.51. The van der Waals surface area contributed by atoms with Crippen molar-refractivity contribution < 1.29 is 9.47 Å². The minimum atomic E-state index is 0.374. The highest BCUT2D eigenvalue weighted by Gasteiger charge is 2.10. The molecule has 0 spiro atoms. The van der Waals surface area contributed by atoms with Crippen molar-refractivity contribution in [3.63, 3.8) is 0 Å². The number of nitrogens with zero attached hydrogens (tertiary/aromatic N) is 1. The van der Waals surface area contributed by atoms with Crippen LogP contribution in [0.5, 0.6) is 11.5 Å². The third kappa shape index (κ3) is 3.61. The van der Waals surface area contributed by atoms with Crippen LogP contribution in [-0.2, 0) is 6.61 Å². The molecule has 5 heteroatoms. The number of halogens is 1. The van der Waals surface area contributed by atoms with Crippen LogP contribution >= 0.6 is 22.9 Å². The molecule has 24 heavy (non-hydrogen) atoms. The van der Waals surface area contributed by atoms with Crippen LogP contribution in [-0.4, -0.2) is 12.1 Å². The highest BCUT2D eigenvalue weighted by atomic mass is 35.5. The molecule has 0 aliphatic heterocycles. The molecule has 0 radical (unpaired) electrons. The minimum Gasteiger partial charge on any atom is -0.493 e. The molecule has 3 aromatic rings. The first-order valence-electron chi connectivity index (χ1n) is 7.34. The summed E-state index contributed by atoms with van der Waals surface area (Å²) in [5, 5.41) is 3.55. The van der Waals surface area contributed by atoms with Crippen LogP contribution < -0.4 is 9.47 Å². The van der Waals surface area contributed by atoms with E-state index in [0.717, 1.165) is 21.8 Å². The predicted octanol–water partition coefficient (Wildman–Crippen LogP) is 5.69. The molecule has 1 heterocycles. The molecule has 122 valence electrons. The summed E-state index contributed by atoms with van der Waals surface area (Å²) in [5.74, 6) is 1.35. The summed E-state index contributed by atoms with van der Waals surface area (Å²) >= 11 is 7.76. The van der Waals surface area contributed by atoms with Gasteiger partial charge in [-0.25, -0.2) is 4.98 Å². The molecule has 0 aliphatic rings. The van der Waals surface area contributed by atoms with Crippen LogP contribution in [0.2, 0.25) is 5.02 Å². The van der Waals surface area contributed by atoms with Gasteiger partial charge in [0.05, 0.1) is 12.8 Å². The van der Waals surface area contributed by atoms with E-state index in [-0.39, 0.29) is 0 Å². The van der Waals surface area contributed by atoms with Gasteiger partial charge >= 0.3 is 0 Å². The van der Waals surface area contributed by atoms with Gasteiger partial charge in [-0.2, -0.15) is 0 Å². The summed E-state index contributed by atoms with van der Waals surface area (Å²) in [7, 11) is 1.62. The molecule has 3 rings (SSSR count). The van der Waals surface area contributed by atoms with E-state index in [1.54, 1.807) is 24.5 Å². The minimum absolute atomic E-state index is 0.374. The molecule has 0 fully saturated rings. The molecule has 0 aliphatic carbocycles. The first kappa shape index (κ1) is 16.6. The summed E-state index contributed by atoms with van der Waals surface area (Å²) in [5.41, 5.74) is 2.77. The summed E-state index contributed by atoms with van der Waals surface area (Å²) in [6.45, 7) is 4.13. The average molecular weight is 358 g/mol. The van der Waals surface area contributed by atoms with Crippen molar-refractivity contribution in [3.8, 4) is 22.8 Å². The molecule has 2 aromatic carbocycles. The van der Waals surface area contributed by atoms with E-state index in [1.807, 2.05) is 47.8 Å². The zero-order chi connectivity index (χ0) is 16.9. The first-order chi connectivity index (χ1) is 11.7. The Bertz CT molecular complexity index is 860. The second-order valence-corrected chi connectivity index (χ2v) is 6.36. The Balaban J connectivity index is 1.74. The molecule has 0 N–H and O–H groups in total. The molecule has 0 bridgehead atoms. The van der Waals surface area contributed by atoms with E-state index in [4.69, 9.17) is 21.1 Å². The van der Waals surface area contributed by atoms with Crippen molar-refractivity contribution in [1.82, 2.24) is 4.98 Å². The van der Waals surface area contributed by atoms with Crippen LogP contribution in [0.3, 0.4) is 0 Å². The van der Waals surface area contributed by atoms with Crippen LogP contribution in [0.4, 0.5) is 0 Å². The number of rotatable bonds is 6. The monoisotopic (exact) mass is 357 g/mol. The Kier molecular flexibility index (Phi) is 5.18. The van der Waals surface area contributed by atoms with E-state index < -0.39 is 0 Å². The first-order valence-corrected chi connectivity index (χ1v) is 8.59. The molecule has 3 nitrogen and oxygen atoms in total. The highest BCUT2D eigenvalue weighted by molar-refractivity contribution is 7.09. The SMILES string of the molecule is C=Cc1ccc(OCc2nc(-c3ccccc3Cl)cs2)c(OC)c1. The Morgan fingerprint density at radius 2 is 2.04 bits per heavy atom. The fourth-order valence-corrected chi connectivity index (χ4v) is 3.18. The Labute approximate surface area is 150 Å². The van der Waals surface area contributed by atoms with Gasteiger partial charge in [0.2, 0.25) is 0 Å². The molecule has 0 unspecified atom stereocenters. The number of methoxy groups -OCH3 is 1. The number of ether oxygens (including phenoxy) is 2. The topological polar surface area (TPSA) is 31.4 Å². The van der Waals surface area contributed by atoms with Crippen molar-refractivity contribution in [3.05, 3.63) is 70.0 Å². The maximum absolute atomic E-state index is 6.22. The van der Waals surface area contributed by atoms with Gasteiger partial charge in [-0.15, -0.1) is 11.3 Å². The van der Waals surface area contributed by atoms with Crippen LogP contribution in [0.15, 0.2) is 54.4 Å². The van der Waals surface area contributed by atoms with Crippen molar-refractivity contribution in [2.75, 3.05) is 7.11 Å². The molecule has 0 atom stereocenters. The van der Waals surface area contributed by atoms with Gasteiger partial charge in [-0.05, 0) is 23.8 Å². The van der Waals surface area contributed by atoms with Gasteiger partial charge in [0.25, 0.3) is 0 Å². The summed E-state index contributed by atoms with van der Waals surface area (Å²) in [6, 6.07) is 13.4. The summed E-state index contributed by atoms with van der Waals surface area (Å²) < 4.78 is 11.2. The Morgan fingerprint density at radius 1 is 1.21 bits per heavy atom. The lowest BCUT2D eigenvalue weighted by Gasteiger charge is -2.10. The van der Waals surface area contributed by atoms with E-state index in [0.29, 0.717) is 23.1 Å². The number of thiazole rings is 1. The normalized spacial score (nSPS) is 10.4. The van der Waals surface area contributed by atoms with Crippen LogP contribution in [0.1, 0.15) is 10.6 Å². The highest BCUT2D eigenvalue weighted by Crippen LogP contribution is 2.31. The van der Waals surface area contributed by atoms with Crippen molar-refractivity contribution in [2.24, 2.45) is 0 Å². The van der Waals surface area contributed by atoms with E-state index in [1.165, 1.54) is 0 Å². The lowest BCUT2D eigenvalue weighted by molar-refractivity contribution is 0.284. The smallest absolute Gasteiger partial charge is 0.161 e. The number of hydrogen-bond donors (Lipinski definition) is 0. The summed E-state index contributed by atoms with van der Waals surface area (Å²) in [6.07, 6.45) is 1.77. The van der Waals surface area contributed by atoms with Crippen molar-refractivity contribution >= 4 is 29.0 Å². The maximum atomic E-state index is 6.22. The third-order valence-electron chi connectivity index (χ3n) is 3.48. The Hall–Kier alpha value is -2.30. The van der Waals surface area contributed by atoms with Crippen molar-refractivity contribution in [1.29, 1.82) is 0 Å². The molecular formula is C19H16ClNO2S. The Morgan fingerprint density at radius 3 is 2.79 bits per heavy atom. The second-order valence-electron chi connectivity index (χ2n) is 5.01. The molecule has 0 saturated heterocycles. The van der Waals surface area contributed by atoms with Crippen LogP contribution in [0.25, 0.3) is 17.3 Å². The largest absolute Gasteiger partial charge is 0.493 e. The zero-order valence-corrected chi connectivity index (χ0v) is 14.7. The molecule has 0 amide bonds. The van der Waals surface area contributed by atoms with Gasteiger partial charge in [0, 0.05) is 16.0 Å². The fourth-order valence-electron chi connectivity index (χ4n) is 2.24. The van der Waals surface area contributed by atoms with Gasteiger partial charge in [-0.1, -0.05) is 48.5 Å². The molecule has 0 saturated carbocycles. The van der Waals surface area contributed by atoms with Gasteiger partial charge in [-0.3, -0.25) is 0 Å². The van der Waals surface area contributed by atoms with Crippen molar-refractivity contribution in [2.45, 2.75) is 6.61 Å². The fraction of sp³-hybridized carbons (Fsp3) is 0.105. The number of benzene rings is 2. The van der Waals surface area contributed by atoms with E-state index in [2.05, 4.69) is 11.6 Å². The van der Waals surface area contributed by atoms with Crippen LogP contribution in [0, 0.1) is 0 Å². The molecule has 1 aromatic heterocycles. The van der Waals surface area contributed by atoms with Gasteiger partial charge < -0.3 is 9.47 Å². The quantitative estimate of drug-likeness (QED) is 0.567. The maximum Gasteiger partial charge on any atom is 0.161 e. The number of hydrogen-bond acceptors (Lipinski definition) is 4. The van der Waals surface area contributed by atoms with Gasteiger partial charge in [0.15, 0.2) is 11.5 Å². The van der Waals surface area contributed by atoms with E-state index >= 15 is 0 Å².